The molecule has 4 atom stereocenters. The van der Waals surface area contributed by atoms with Gasteiger partial charge in [0.15, 0.2) is 0 Å². The molecule has 10 heteroatoms. The molecule has 134 valence electrons. The van der Waals surface area contributed by atoms with Crippen molar-refractivity contribution in [2.45, 2.75) is 32.6 Å². The first kappa shape index (κ1) is 18.8. The van der Waals surface area contributed by atoms with Crippen LogP contribution in [0.1, 0.15) is 26.5 Å². The highest BCUT2D eigenvalue weighted by atomic mass is 31.1. The van der Waals surface area contributed by atoms with Crippen LogP contribution in [0.5, 0.6) is 0 Å². The molecule has 1 fully saturated rings. The number of H-pyrrole nitrogens is 1. The molecule has 4 unspecified atom stereocenters. The molecule has 24 heavy (non-hydrogen) atoms. The molecule has 1 aliphatic heterocycles. The second kappa shape index (κ2) is 9.08. The predicted octanol–water partition coefficient (Wildman–Crippen LogP) is 0.138. The molecule has 2 heterocycles. The lowest BCUT2D eigenvalue weighted by Gasteiger charge is -2.17. The first-order valence-corrected chi connectivity index (χ1v) is 8.64. The molecule has 0 amide bonds. The number of aromatic nitrogens is 2. The summed E-state index contributed by atoms with van der Waals surface area (Å²) in [6.07, 6.45) is 1.59. The zero-order chi connectivity index (χ0) is 17.5. The summed E-state index contributed by atoms with van der Waals surface area (Å²) in [6.45, 7) is 4.53. The standard InChI is InChI=1S/C14H22N3O6P/c1-3-21-12(19)7-15-24-22-8-10-6-9(2)13(23-10)17-5-4-11(18)16-14(17)20/h4-5,9-10,13,15,24H,3,6-8H2,1-2H3,(H,16,18,20). The molecular weight excluding hydrogens is 337 g/mol. The number of carbonyl (C=O) groups is 1. The largest absolute Gasteiger partial charge is 0.465 e. The summed E-state index contributed by atoms with van der Waals surface area (Å²) in [6, 6.07) is 1.29. The van der Waals surface area contributed by atoms with Crippen LogP contribution >= 0.6 is 8.96 Å². The maximum absolute atomic E-state index is 11.8. The summed E-state index contributed by atoms with van der Waals surface area (Å²) in [5.41, 5.74) is -0.922. The van der Waals surface area contributed by atoms with Crippen molar-refractivity contribution in [3.63, 3.8) is 0 Å². The normalized spacial score (nSPS) is 23.8. The van der Waals surface area contributed by atoms with Gasteiger partial charge in [0.25, 0.3) is 5.56 Å². The van der Waals surface area contributed by atoms with Crippen LogP contribution in [0.3, 0.4) is 0 Å². The lowest BCUT2D eigenvalue weighted by Crippen LogP contribution is -2.33. The Hall–Kier alpha value is -1.54. The number of carbonyl (C=O) groups excluding carboxylic acids is 1. The van der Waals surface area contributed by atoms with E-state index < -0.39 is 17.5 Å². The number of rotatable bonds is 8. The summed E-state index contributed by atoms with van der Waals surface area (Å²) < 4.78 is 17.5. The fourth-order valence-electron chi connectivity index (χ4n) is 2.50. The second-order valence-electron chi connectivity index (χ2n) is 5.45. The van der Waals surface area contributed by atoms with E-state index in [2.05, 4.69) is 10.1 Å². The van der Waals surface area contributed by atoms with Crippen LogP contribution in [0.25, 0.3) is 0 Å². The number of nitrogens with zero attached hydrogens (tertiary/aromatic N) is 1. The zero-order valence-corrected chi connectivity index (χ0v) is 14.6. The molecule has 1 aromatic rings. The van der Waals surface area contributed by atoms with Crippen LogP contribution in [0.15, 0.2) is 21.9 Å². The minimum Gasteiger partial charge on any atom is -0.465 e. The van der Waals surface area contributed by atoms with Crippen molar-refractivity contribution >= 4 is 14.9 Å². The van der Waals surface area contributed by atoms with Crippen molar-refractivity contribution < 1.29 is 18.8 Å². The van der Waals surface area contributed by atoms with Crippen LogP contribution in [-0.2, 0) is 18.8 Å². The average molecular weight is 359 g/mol. The van der Waals surface area contributed by atoms with Gasteiger partial charge in [-0.15, -0.1) is 0 Å². The van der Waals surface area contributed by atoms with E-state index in [0.717, 1.165) is 6.42 Å². The molecule has 1 aliphatic rings. The Morgan fingerprint density at radius 3 is 3.04 bits per heavy atom. The molecule has 2 N–H and O–H groups in total. The third-order valence-electron chi connectivity index (χ3n) is 3.53. The molecule has 0 radical (unpaired) electrons. The third kappa shape index (κ3) is 5.24. The maximum atomic E-state index is 11.8. The fourth-order valence-corrected chi connectivity index (χ4v) is 3.09. The summed E-state index contributed by atoms with van der Waals surface area (Å²) in [7, 11) is -0.0440. The highest BCUT2D eigenvalue weighted by molar-refractivity contribution is 7.29. The van der Waals surface area contributed by atoms with Gasteiger partial charge in [0.05, 0.1) is 34.8 Å². The van der Waals surface area contributed by atoms with Crippen LogP contribution < -0.4 is 16.3 Å². The second-order valence-corrected chi connectivity index (χ2v) is 6.30. The van der Waals surface area contributed by atoms with Gasteiger partial charge >= 0.3 is 11.7 Å². The van der Waals surface area contributed by atoms with Crippen LogP contribution in [-0.4, -0.2) is 41.4 Å². The lowest BCUT2D eigenvalue weighted by molar-refractivity contribution is -0.141. The van der Waals surface area contributed by atoms with E-state index in [4.69, 9.17) is 14.0 Å². The Kier molecular flexibility index (Phi) is 7.11. The van der Waals surface area contributed by atoms with Crippen LogP contribution in [0.2, 0.25) is 0 Å². The van der Waals surface area contributed by atoms with Gasteiger partial charge in [0.2, 0.25) is 0 Å². The summed E-state index contributed by atoms with van der Waals surface area (Å²) in [4.78, 5) is 36.3. The average Bonchev–Trinajstić information content (AvgIpc) is 2.88. The number of esters is 1. The number of nitrogens with one attached hydrogen (secondary N) is 2. The Balaban J connectivity index is 1.76. The van der Waals surface area contributed by atoms with E-state index in [1.807, 2.05) is 6.92 Å². The van der Waals surface area contributed by atoms with Gasteiger partial charge in [0, 0.05) is 18.2 Å². The molecule has 0 aliphatic carbocycles. The van der Waals surface area contributed by atoms with Crippen LogP contribution in [0.4, 0.5) is 0 Å². The van der Waals surface area contributed by atoms with Crippen LogP contribution in [0, 0.1) is 5.92 Å². The quantitative estimate of drug-likeness (QED) is 0.386. The predicted molar refractivity (Wildman–Crippen MR) is 87.9 cm³/mol. The van der Waals surface area contributed by atoms with Gasteiger partial charge < -0.3 is 14.0 Å². The highest BCUT2D eigenvalue weighted by Crippen LogP contribution is 2.33. The Morgan fingerprint density at radius 1 is 1.54 bits per heavy atom. The molecule has 9 nitrogen and oxygen atoms in total. The molecule has 1 saturated heterocycles. The maximum Gasteiger partial charge on any atom is 0.330 e. The zero-order valence-electron chi connectivity index (χ0n) is 13.6. The molecule has 1 aromatic heterocycles. The molecule has 0 saturated carbocycles. The number of hydrogen-bond acceptors (Lipinski definition) is 7. The minimum absolute atomic E-state index is 0.0440. The number of aromatic amines is 1. The first-order chi connectivity index (χ1) is 11.5. The van der Waals surface area contributed by atoms with Crippen molar-refractivity contribution in [1.82, 2.24) is 14.6 Å². The highest BCUT2D eigenvalue weighted by Gasteiger charge is 2.34. The summed E-state index contributed by atoms with van der Waals surface area (Å²) >= 11 is 0. The molecule has 0 bridgehead atoms. The van der Waals surface area contributed by atoms with E-state index in [1.165, 1.54) is 16.8 Å². The van der Waals surface area contributed by atoms with E-state index in [-0.39, 0.29) is 33.5 Å². The van der Waals surface area contributed by atoms with Crippen molar-refractivity contribution in [1.29, 1.82) is 0 Å². The number of hydrogen-bond donors (Lipinski definition) is 2. The van der Waals surface area contributed by atoms with Gasteiger partial charge in [-0.1, -0.05) is 6.92 Å². The molecular formula is C14H22N3O6P. The van der Waals surface area contributed by atoms with E-state index in [9.17, 15) is 14.4 Å². The van der Waals surface area contributed by atoms with Gasteiger partial charge in [0.1, 0.15) is 6.23 Å². The third-order valence-corrected chi connectivity index (χ3v) is 4.16. The van der Waals surface area contributed by atoms with Crippen molar-refractivity contribution in [2.24, 2.45) is 5.92 Å². The SMILES string of the molecule is CCOC(=O)CNPOCC1CC(C)C(n2ccc(=O)[nH]c2=O)O1. The van der Waals surface area contributed by atoms with Gasteiger partial charge in [-0.2, -0.15) is 0 Å². The Morgan fingerprint density at radius 2 is 2.33 bits per heavy atom. The van der Waals surface area contributed by atoms with Gasteiger partial charge in [-0.3, -0.25) is 24.2 Å². The van der Waals surface area contributed by atoms with Gasteiger partial charge in [-0.25, -0.2) is 4.79 Å². The van der Waals surface area contributed by atoms with E-state index in [1.54, 1.807) is 6.92 Å². The van der Waals surface area contributed by atoms with Crippen molar-refractivity contribution in [2.75, 3.05) is 19.8 Å². The minimum atomic E-state index is -0.487. The first-order valence-electron chi connectivity index (χ1n) is 7.73. The van der Waals surface area contributed by atoms with E-state index in [0.29, 0.717) is 13.2 Å². The molecule has 2 rings (SSSR count). The van der Waals surface area contributed by atoms with Crippen molar-refractivity contribution in [3.05, 3.63) is 33.1 Å². The van der Waals surface area contributed by atoms with Gasteiger partial charge in [-0.05, 0) is 13.3 Å². The number of ether oxygens (including phenoxy) is 2. The summed E-state index contributed by atoms with van der Waals surface area (Å²) in [5, 5.41) is 2.84. The smallest absolute Gasteiger partial charge is 0.330 e. The lowest BCUT2D eigenvalue weighted by atomic mass is 10.1. The van der Waals surface area contributed by atoms with Crippen molar-refractivity contribution in [3.8, 4) is 0 Å². The fraction of sp³-hybridized carbons (Fsp3) is 0.643. The monoisotopic (exact) mass is 359 g/mol. The Labute approximate surface area is 140 Å². The summed E-state index contributed by atoms with van der Waals surface area (Å²) in [5.74, 6) is -0.213. The molecule has 0 aromatic carbocycles. The molecule has 0 spiro atoms. The topological polar surface area (TPSA) is 112 Å². The Bertz CT molecular complexity index is 660. The van der Waals surface area contributed by atoms with E-state index >= 15 is 0 Å².